The van der Waals surface area contributed by atoms with Crippen molar-refractivity contribution >= 4 is 22.9 Å². The number of benzene rings is 1. The lowest BCUT2D eigenvalue weighted by atomic mass is 10.2. The molecular formula is C16H16N4O2S. The van der Waals surface area contributed by atoms with Crippen LogP contribution in [0.2, 0.25) is 0 Å². The van der Waals surface area contributed by atoms with Crippen molar-refractivity contribution in [2.75, 3.05) is 12.4 Å². The Morgan fingerprint density at radius 1 is 1.35 bits per heavy atom. The molecule has 0 bridgehead atoms. The molecule has 0 aliphatic carbocycles. The lowest BCUT2D eigenvalue weighted by molar-refractivity contribution is -0.115. The summed E-state index contributed by atoms with van der Waals surface area (Å²) in [5.74, 6) is 0.674. The third kappa shape index (κ3) is 3.24. The fourth-order valence-corrected chi connectivity index (χ4v) is 2.79. The molecule has 0 unspecified atom stereocenters. The Kier molecular flexibility index (Phi) is 4.38. The van der Waals surface area contributed by atoms with Crippen LogP contribution in [0.15, 0.2) is 41.8 Å². The van der Waals surface area contributed by atoms with Crippen LogP contribution in [0.4, 0.5) is 5.69 Å². The van der Waals surface area contributed by atoms with Crippen LogP contribution in [0.1, 0.15) is 13.3 Å². The van der Waals surface area contributed by atoms with Gasteiger partial charge in [-0.25, -0.2) is 4.68 Å². The summed E-state index contributed by atoms with van der Waals surface area (Å²) in [6.45, 7) is 1.82. The summed E-state index contributed by atoms with van der Waals surface area (Å²) in [7, 11) is 1.54. The Morgan fingerprint density at radius 3 is 2.91 bits per heavy atom. The van der Waals surface area contributed by atoms with Crippen molar-refractivity contribution in [3.8, 4) is 22.4 Å². The van der Waals surface area contributed by atoms with E-state index in [0.29, 0.717) is 18.3 Å². The second-order valence-corrected chi connectivity index (χ2v) is 5.71. The number of amides is 1. The molecule has 2 heterocycles. The Hall–Kier alpha value is -2.67. The molecule has 3 rings (SSSR count). The second kappa shape index (κ2) is 6.62. The van der Waals surface area contributed by atoms with Crippen LogP contribution in [-0.4, -0.2) is 27.8 Å². The highest BCUT2D eigenvalue weighted by Crippen LogP contribution is 2.28. The average Bonchev–Trinajstić information content (AvgIpc) is 3.23. The standard InChI is InChI=1S/C16H16N4O2S/c1-3-14(21)17-11-6-4-7-12(10-11)20-15(13-8-5-9-23-13)18-16(19-20)22-2/h4-10H,3H2,1-2H3,(H,17,21). The van der Waals surface area contributed by atoms with Crippen molar-refractivity contribution in [2.45, 2.75) is 13.3 Å². The number of nitrogens with one attached hydrogen (secondary N) is 1. The number of anilines is 1. The number of carbonyl (C=O) groups excluding carboxylic acids is 1. The van der Waals surface area contributed by atoms with Gasteiger partial charge in [0, 0.05) is 12.1 Å². The highest BCUT2D eigenvalue weighted by atomic mass is 32.1. The van der Waals surface area contributed by atoms with Crippen LogP contribution < -0.4 is 10.1 Å². The van der Waals surface area contributed by atoms with Gasteiger partial charge in [-0.3, -0.25) is 4.79 Å². The van der Waals surface area contributed by atoms with Crippen molar-refractivity contribution in [2.24, 2.45) is 0 Å². The largest absolute Gasteiger partial charge is 0.466 e. The number of rotatable bonds is 5. The minimum Gasteiger partial charge on any atom is -0.466 e. The van der Waals surface area contributed by atoms with E-state index in [4.69, 9.17) is 4.74 Å². The zero-order chi connectivity index (χ0) is 16.2. The molecule has 0 spiro atoms. The summed E-state index contributed by atoms with van der Waals surface area (Å²) < 4.78 is 6.87. The van der Waals surface area contributed by atoms with Crippen LogP contribution in [0.5, 0.6) is 6.01 Å². The first-order valence-electron chi connectivity index (χ1n) is 7.16. The van der Waals surface area contributed by atoms with E-state index in [2.05, 4.69) is 15.4 Å². The quantitative estimate of drug-likeness (QED) is 0.780. The van der Waals surface area contributed by atoms with Gasteiger partial charge in [0.2, 0.25) is 5.91 Å². The predicted octanol–water partition coefficient (Wildman–Crippen LogP) is 3.35. The molecule has 2 aromatic heterocycles. The van der Waals surface area contributed by atoms with Gasteiger partial charge in [-0.15, -0.1) is 16.4 Å². The molecule has 0 saturated carbocycles. The maximum absolute atomic E-state index is 11.6. The van der Waals surface area contributed by atoms with Crippen LogP contribution >= 0.6 is 11.3 Å². The molecule has 7 heteroatoms. The van der Waals surface area contributed by atoms with Gasteiger partial charge in [0.1, 0.15) is 0 Å². The molecule has 0 aliphatic heterocycles. The minimum atomic E-state index is -0.0307. The van der Waals surface area contributed by atoms with Crippen LogP contribution in [0, 0.1) is 0 Å². The highest BCUT2D eigenvalue weighted by Gasteiger charge is 2.15. The third-order valence-corrected chi connectivity index (χ3v) is 4.07. The van der Waals surface area contributed by atoms with Crippen LogP contribution in [-0.2, 0) is 4.79 Å². The smallest absolute Gasteiger partial charge is 0.336 e. The van der Waals surface area contributed by atoms with Crippen molar-refractivity contribution in [1.29, 1.82) is 0 Å². The van der Waals surface area contributed by atoms with E-state index >= 15 is 0 Å². The van der Waals surface area contributed by atoms with Crippen molar-refractivity contribution in [3.63, 3.8) is 0 Å². The van der Waals surface area contributed by atoms with Gasteiger partial charge in [-0.2, -0.15) is 4.98 Å². The first-order chi connectivity index (χ1) is 11.2. The van der Waals surface area contributed by atoms with Crippen LogP contribution in [0.3, 0.4) is 0 Å². The van der Waals surface area contributed by atoms with Crippen LogP contribution in [0.25, 0.3) is 16.4 Å². The van der Waals surface area contributed by atoms with E-state index < -0.39 is 0 Å². The van der Waals surface area contributed by atoms with Crippen molar-refractivity contribution in [1.82, 2.24) is 14.8 Å². The first-order valence-corrected chi connectivity index (χ1v) is 8.04. The second-order valence-electron chi connectivity index (χ2n) is 4.76. The molecule has 0 atom stereocenters. The van der Waals surface area contributed by atoms with Gasteiger partial charge in [-0.1, -0.05) is 19.1 Å². The minimum absolute atomic E-state index is 0.0307. The monoisotopic (exact) mass is 328 g/mol. The van der Waals surface area contributed by atoms with E-state index in [0.717, 1.165) is 16.3 Å². The lowest BCUT2D eigenvalue weighted by Gasteiger charge is -2.08. The van der Waals surface area contributed by atoms with E-state index in [1.807, 2.05) is 48.7 Å². The number of methoxy groups -OCH3 is 1. The van der Waals surface area contributed by atoms with E-state index in [-0.39, 0.29) is 5.91 Å². The maximum Gasteiger partial charge on any atom is 0.336 e. The fraction of sp³-hybridized carbons (Fsp3) is 0.188. The number of ether oxygens (including phenoxy) is 1. The SMILES string of the molecule is CCC(=O)Nc1cccc(-n2nc(OC)nc2-c2cccs2)c1. The number of carbonyl (C=O) groups is 1. The fourth-order valence-electron chi connectivity index (χ4n) is 2.09. The van der Waals surface area contributed by atoms with E-state index in [1.54, 1.807) is 16.0 Å². The average molecular weight is 328 g/mol. The molecule has 0 radical (unpaired) electrons. The van der Waals surface area contributed by atoms with E-state index in [1.165, 1.54) is 7.11 Å². The normalized spacial score (nSPS) is 10.5. The molecule has 6 nitrogen and oxygen atoms in total. The number of nitrogens with zero attached hydrogens (tertiary/aromatic N) is 3. The summed E-state index contributed by atoms with van der Waals surface area (Å²) >= 11 is 1.58. The molecule has 0 fully saturated rings. The Bertz CT molecular complexity index is 811. The first kappa shape index (κ1) is 15.2. The molecule has 0 saturated heterocycles. The van der Waals surface area contributed by atoms with Gasteiger partial charge in [-0.05, 0) is 29.6 Å². The predicted molar refractivity (Wildman–Crippen MR) is 90.1 cm³/mol. The Labute approximate surface area is 137 Å². The number of hydrogen-bond donors (Lipinski definition) is 1. The summed E-state index contributed by atoms with van der Waals surface area (Å²) in [6.07, 6.45) is 0.432. The molecule has 3 aromatic rings. The van der Waals surface area contributed by atoms with Gasteiger partial charge < -0.3 is 10.1 Å². The molecule has 118 valence electrons. The third-order valence-electron chi connectivity index (χ3n) is 3.21. The molecule has 1 N–H and O–H groups in total. The molecule has 1 amide bonds. The molecular weight excluding hydrogens is 312 g/mol. The van der Waals surface area contributed by atoms with Gasteiger partial charge >= 0.3 is 6.01 Å². The van der Waals surface area contributed by atoms with Gasteiger partial charge in [0.15, 0.2) is 5.82 Å². The molecule has 0 aliphatic rings. The number of hydrogen-bond acceptors (Lipinski definition) is 5. The van der Waals surface area contributed by atoms with Crippen molar-refractivity contribution in [3.05, 3.63) is 41.8 Å². The zero-order valence-corrected chi connectivity index (χ0v) is 13.6. The molecule has 1 aromatic carbocycles. The number of thiophene rings is 1. The zero-order valence-electron chi connectivity index (χ0n) is 12.8. The Morgan fingerprint density at radius 2 is 2.22 bits per heavy atom. The number of aromatic nitrogens is 3. The van der Waals surface area contributed by atoms with Gasteiger partial charge in [0.25, 0.3) is 0 Å². The van der Waals surface area contributed by atoms with Crippen molar-refractivity contribution < 1.29 is 9.53 Å². The van der Waals surface area contributed by atoms with E-state index in [9.17, 15) is 4.79 Å². The summed E-state index contributed by atoms with van der Waals surface area (Å²) in [5.41, 5.74) is 1.53. The lowest BCUT2D eigenvalue weighted by Crippen LogP contribution is -2.10. The molecule has 23 heavy (non-hydrogen) atoms. The Balaban J connectivity index is 2.03. The summed E-state index contributed by atoms with van der Waals surface area (Å²) in [6, 6.07) is 11.7. The summed E-state index contributed by atoms with van der Waals surface area (Å²) in [5, 5.41) is 9.21. The highest BCUT2D eigenvalue weighted by molar-refractivity contribution is 7.13. The summed E-state index contributed by atoms with van der Waals surface area (Å²) in [4.78, 5) is 17.0. The topological polar surface area (TPSA) is 69.0 Å². The van der Waals surface area contributed by atoms with Gasteiger partial charge in [0.05, 0.1) is 17.7 Å². The maximum atomic E-state index is 11.6.